The Bertz CT molecular complexity index is 238. The molecular formula is C12H25N3O2. The maximum absolute atomic E-state index is 11.6. The van der Waals surface area contributed by atoms with Crippen LogP contribution >= 0.6 is 0 Å². The Morgan fingerprint density at radius 3 is 2.29 bits per heavy atom. The largest absolute Gasteiger partial charge is 0.356 e. The van der Waals surface area contributed by atoms with Crippen molar-refractivity contribution in [3.8, 4) is 0 Å². The quantitative estimate of drug-likeness (QED) is 0.651. The number of carbonyl (C=O) groups excluding carboxylic acids is 2. The summed E-state index contributed by atoms with van der Waals surface area (Å²) in [5.41, 5.74) is 5.56. The molecule has 3 N–H and O–H groups in total. The number of rotatable bonds is 8. The molecular weight excluding hydrogens is 218 g/mol. The van der Waals surface area contributed by atoms with Crippen molar-refractivity contribution in [3.05, 3.63) is 0 Å². The summed E-state index contributed by atoms with van der Waals surface area (Å²) in [4.78, 5) is 24.8. The Labute approximate surface area is 104 Å². The number of hydrogen-bond acceptors (Lipinski definition) is 3. The van der Waals surface area contributed by atoms with Crippen LogP contribution < -0.4 is 11.1 Å². The summed E-state index contributed by atoms with van der Waals surface area (Å²) in [7, 11) is 0. The molecule has 100 valence electrons. The van der Waals surface area contributed by atoms with Gasteiger partial charge in [-0.2, -0.15) is 0 Å². The Hall–Kier alpha value is -1.10. The third-order valence-corrected chi connectivity index (χ3v) is 2.60. The second-order valence-corrected chi connectivity index (χ2v) is 4.18. The fourth-order valence-electron chi connectivity index (χ4n) is 1.48. The minimum Gasteiger partial charge on any atom is -0.356 e. The zero-order chi connectivity index (χ0) is 13.3. The highest BCUT2D eigenvalue weighted by Crippen LogP contribution is 1.98. The fourth-order valence-corrected chi connectivity index (χ4v) is 1.48. The van der Waals surface area contributed by atoms with Gasteiger partial charge < -0.3 is 16.0 Å². The Balaban J connectivity index is 3.72. The molecule has 0 rings (SSSR count). The molecule has 1 atom stereocenters. The number of amides is 2. The molecule has 0 aliphatic rings. The van der Waals surface area contributed by atoms with Crippen molar-refractivity contribution in [2.24, 2.45) is 5.73 Å². The van der Waals surface area contributed by atoms with Gasteiger partial charge in [0.2, 0.25) is 11.8 Å². The van der Waals surface area contributed by atoms with Crippen LogP contribution in [0.15, 0.2) is 0 Å². The monoisotopic (exact) mass is 243 g/mol. The van der Waals surface area contributed by atoms with E-state index in [0.717, 1.165) is 6.42 Å². The highest BCUT2D eigenvalue weighted by atomic mass is 16.2. The summed E-state index contributed by atoms with van der Waals surface area (Å²) in [6, 6.07) is 0.0904. The lowest BCUT2D eigenvalue weighted by atomic mass is 10.2. The van der Waals surface area contributed by atoms with E-state index in [1.165, 1.54) is 0 Å². The van der Waals surface area contributed by atoms with E-state index < -0.39 is 0 Å². The second kappa shape index (κ2) is 8.98. The summed E-state index contributed by atoms with van der Waals surface area (Å²) >= 11 is 0. The maximum Gasteiger partial charge on any atom is 0.223 e. The fraction of sp³-hybridized carbons (Fsp3) is 0.833. The van der Waals surface area contributed by atoms with Gasteiger partial charge in [0.15, 0.2) is 0 Å². The average molecular weight is 243 g/mol. The van der Waals surface area contributed by atoms with Crippen LogP contribution in [-0.2, 0) is 9.59 Å². The third-order valence-electron chi connectivity index (χ3n) is 2.60. The van der Waals surface area contributed by atoms with E-state index in [-0.39, 0.29) is 30.7 Å². The highest BCUT2D eigenvalue weighted by molar-refractivity contribution is 5.83. The highest BCUT2D eigenvalue weighted by Gasteiger charge is 2.11. The molecule has 0 aliphatic heterocycles. The zero-order valence-corrected chi connectivity index (χ0v) is 11.2. The van der Waals surface area contributed by atoms with E-state index in [0.29, 0.717) is 19.6 Å². The number of hydrogen-bond donors (Lipinski definition) is 2. The van der Waals surface area contributed by atoms with Crippen molar-refractivity contribution in [1.29, 1.82) is 0 Å². The normalized spacial score (nSPS) is 12.0. The van der Waals surface area contributed by atoms with Crippen molar-refractivity contribution in [2.45, 2.75) is 46.1 Å². The van der Waals surface area contributed by atoms with Crippen LogP contribution in [0.2, 0.25) is 0 Å². The lowest BCUT2D eigenvalue weighted by molar-refractivity contribution is -0.133. The summed E-state index contributed by atoms with van der Waals surface area (Å²) in [5, 5.41) is 2.75. The first-order valence-corrected chi connectivity index (χ1v) is 6.31. The Morgan fingerprint density at radius 1 is 1.24 bits per heavy atom. The van der Waals surface area contributed by atoms with Gasteiger partial charge in [0.1, 0.15) is 0 Å². The maximum atomic E-state index is 11.6. The lowest BCUT2D eigenvalue weighted by Gasteiger charge is -2.18. The Morgan fingerprint density at radius 2 is 1.82 bits per heavy atom. The molecule has 5 heteroatoms. The first-order chi connectivity index (χ1) is 8.01. The third kappa shape index (κ3) is 7.74. The van der Waals surface area contributed by atoms with Gasteiger partial charge in [-0.3, -0.25) is 9.59 Å². The van der Waals surface area contributed by atoms with Crippen molar-refractivity contribution in [2.75, 3.05) is 19.6 Å². The molecule has 0 radical (unpaired) electrons. The minimum absolute atomic E-state index is 0.0392. The molecule has 0 saturated heterocycles. The summed E-state index contributed by atoms with van der Waals surface area (Å²) in [6.07, 6.45) is 1.30. The molecule has 0 aromatic carbocycles. The van der Waals surface area contributed by atoms with E-state index >= 15 is 0 Å². The van der Waals surface area contributed by atoms with Gasteiger partial charge in [-0.25, -0.2) is 0 Å². The standard InChI is InChI=1S/C12H25N3O2/c1-4-15(5-2)12(17)7-6-11(16)14-9-8-10(3)13/h10H,4-9,13H2,1-3H3,(H,14,16). The van der Waals surface area contributed by atoms with E-state index in [4.69, 9.17) is 5.73 Å². The summed E-state index contributed by atoms with van der Waals surface area (Å²) < 4.78 is 0. The van der Waals surface area contributed by atoms with Crippen molar-refractivity contribution in [3.63, 3.8) is 0 Å². The number of carbonyl (C=O) groups is 2. The van der Waals surface area contributed by atoms with Crippen LogP contribution in [0.3, 0.4) is 0 Å². The minimum atomic E-state index is -0.0776. The van der Waals surface area contributed by atoms with Gasteiger partial charge in [-0.05, 0) is 27.2 Å². The molecule has 0 saturated carbocycles. The van der Waals surface area contributed by atoms with E-state index in [1.807, 2.05) is 20.8 Å². The smallest absolute Gasteiger partial charge is 0.223 e. The first kappa shape index (κ1) is 15.9. The van der Waals surface area contributed by atoms with Crippen molar-refractivity contribution < 1.29 is 9.59 Å². The molecule has 0 aromatic rings. The molecule has 0 aromatic heterocycles. The summed E-state index contributed by atoms with van der Waals surface area (Å²) in [6.45, 7) is 7.74. The SMILES string of the molecule is CCN(CC)C(=O)CCC(=O)NCCC(C)N. The number of nitrogens with zero attached hydrogens (tertiary/aromatic N) is 1. The molecule has 0 bridgehead atoms. The van der Waals surface area contributed by atoms with Crippen LogP contribution in [0.25, 0.3) is 0 Å². The molecule has 0 fully saturated rings. The van der Waals surface area contributed by atoms with Crippen molar-refractivity contribution >= 4 is 11.8 Å². The molecule has 0 heterocycles. The van der Waals surface area contributed by atoms with Gasteiger partial charge >= 0.3 is 0 Å². The lowest BCUT2D eigenvalue weighted by Crippen LogP contribution is -2.33. The van der Waals surface area contributed by atoms with E-state index in [2.05, 4.69) is 5.32 Å². The van der Waals surface area contributed by atoms with Crippen LogP contribution in [0.1, 0.15) is 40.0 Å². The molecule has 2 amide bonds. The van der Waals surface area contributed by atoms with Crippen molar-refractivity contribution in [1.82, 2.24) is 10.2 Å². The van der Waals surface area contributed by atoms with Gasteiger partial charge in [-0.15, -0.1) is 0 Å². The molecule has 0 aliphatic carbocycles. The number of nitrogens with one attached hydrogen (secondary N) is 1. The van der Waals surface area contributed by atoms with Crippen LogP contribution in [0.5, 0.6) is 0 Å². The summed E-state index contributed by atoms with van der Waals surface area (Å²) in [5.74, 6) is -0.0384. The molecule has 0 spiro atoms. The predicted molar refractivity (Wildman–Crippen MR) is 68.4 cm³/mol. The molecule has 5 nitrogen and oxygen atoms in total. The molecule has 1 unspecified atom stereocenters. The Kier molecular flexibility index (Phi) is 8.40. The van der Waals surface area contributed by atoms with Crippen LogP contribution in [-0.4, -0.2) is 42.4 Å². The van der Waals surface area contributed by atoms with E-state index in [1.54, 1.807) is 4.90 Å². The van der Waals surface area contributed by atoms with Gasteiger partial charge in [-0.1, -0.05) is 0 Å². The van der Waals surface area contributed by atoms with E-state index in [9.17, 15) is 9.59 Å². The molecule has 17 heavy (non-hydrogen) atoms. The second-order valence-electron chi connectivity index (χ2n) is 4.18. The predicted octanol–water partition coefficient (Wildman–Crippen LogP) is 0.489. The van der Waals surface area contributed by atoms with Gasteiger partial charge in [0, 0.05) is 38.5 Å². The van der Waals surface area contributed by atoms with Gasteiger partial charge in [0.25, 0.3) is 0 Å². The van der Waals surface area contributed by atoms with Gasteiger partial charge in [0.05, 0.1) is 0 Å². The zero-order valence-electron chi connectivity index (χ0n) is 11.2. The number of nitrogens with two attached hydrogens (primary N) is 1. The average Bonchev–Trinajstić information content (AvgIpc) is 2.27. The van der Waals surface area contributed by atoms with Crippen LogP contribution in [0, 0.1) is 0 Å². The topological polar surface area (TPSA) is 75.4 Å². The first-order valence-electron chi connectivity index (χ1n) is 6.31. The van der Waals surface area contributed by atoms with Crippen LogP contribution in [0.4, 0.5) is 0 Å².